The highest BCUT2D eigenvalue weighted by atomic mass is 32.2. The first-order valence-corrected chi connectivity index (χ1v) is 14.2. The molecule has 4 rings (SSSR count). The molecule has 1 saturated heterocycles. The summed E-state index contributed by atoms with van der Waals surface area (Å²) in [4.78, 5) is 15.8. The van der Waals surface area contributed by atoms with Crippen LogP contribution >= 0.6 is 23.1 Å². The lowest BCUT2D eigenvalue weighted by atomic mass is 9.98. The molecule has 7 nitrogen and oxygen atoms in total. The number of likely N-dealkylation sites (tertiary alicyclic amines) is 1. The van der Waals surface area contributed by atoms with Gasteiger partial charge in [-0.1, -0.05) is 48.1 Å². The lowest BCUT2D eigenvalue weighted by Crippen LogP contribution is -2.38. The highest BCUT2D eigenvalue weighted by Gasteiger charge is 2.26. The number of nitrogens with zero attached hydrogens (tertiary/aromatic N) is 3. The monoisotopic (exact) mass is 502 g/mol. The molecule has 1 N–H and O–H groups in total. The fourth-order valence-electron chi connectivity index (χ4n) is 3.65. The summed E-state index contributed by atoms with van der Waals surface area (Å²) in [6, 6.07) is 12.5. The Morgan fingerprint density at radius 2 is 1.82 bits per heavy atom. The van der Waals surface area contributed by atoms with Crippen molar-refractivity contribution < 1.29 is 13.2 Å². The minimum absolute atomic E-state index is 0.0288. The summed E-state index contributed by atoms with van der Waals surface area (Å²) < 4.78 is 28.7. The third-order valence-corrected chi connectivity index (χ3v) is 8.88. The number of carbonyl (C=O) groups is 1. The van der Waals surface area contributed by atoms with Crippen molar-refractivity contribution in [3.05, 3.63) is 53.6 Å². The first-order chi connectivity index (χ1) is 15.8. The summed E-state index contributed by atoms with van der Waals surface area (Å²) in [5.41, 5.74) is 2.41. The van der Waals surface area contributed by atoms with E-state index in [0.29, 0.717) is 29.6 Å². The predicted molar refractivity (Wildman–Crippen MR) is 133 cm³/mol. The standard InChI is InChI=1S/C23H26N4O3S3/c1-15-4-6-17(7-5-15)21-24-25-23(32-21)26-33(29,30)18-8-9-20(31-3)19(14-18)22(28)27-12-10-16(2)11-13-27/h4-9,14,16H,10-13H2,1-3H3,(H,25,26). The predicted octanol–water partition coefficient (Wildman–Crippen LogP) is 4.91. The molecule has 0 radical (unpaired) electrons. The minimum Gasteiger partial charge on any atom is -0.339 e. The first-order valence-electron chi connectivity index (χ1n) is 10.7. The average Bonchev–Trinajstić information content (AvgIpc) is 3.26. The smallest absolute Gasteiger partial charge is 0.263 e. The van der Waals surface area contributed by atoms with Crippen LogP contribution in [0.3, 0.4) is 0 Å². The fraction of sp³-hybridized carbons (Fsp3) is 0.348. The molecule has 1 amide bonds. The van der Waals surface area contributed by atoms with E-state index in [9.17, 15) is 13.2 Å². The van der Waals surface area contributed by atoms with Crippen LogP contribution in [0.15, 0.2) is 52.3 Å². The van der Waals surface area contributed by atoms with Crippen LogP contribution in [0.1, 0.15) is 35.7 Å². The van der Waals surface area contributed by atoms with Crippen LogP contribution in [-0.4, -0.2) is 48.8 Å². The molecule has 2 heterocycles. The van der Waals surface area contributed by atoms with Crippen LogP contribution in [0, 0.1) is 12.8 Å². The van der Waals surface area contributed by atoms with Crippen molar-refractivity contribution in [2.75, 3.05) is 24.1 Å². The van der Waals surface area contributed by atoms with Gasteiger partial charge in [-0.2, -0.15) is 0 Å². The molecular weight excluding hydrogens is 476 g/mol. The number of sulfonamides is 1. The summed E-state index contributed by atoms with van der Waals surface area (Å²) in [7, 11) is -3.93. The highest BCUT2D eigenvalue weighted by Crippen LogP contribution is 2.30. The molecule has 1 aliphatic rings. The Balaban J connectivity index is 1.57. The average molecular weight is 503 g/mol. The molecule has 10 heteroatoms. The summed E-state index contributed by atoms with van der Waals surface area (Å²) >= 11 is 2.59. The van der Waals surface area contributed by atoms with Crippen molar-refractivity contribution in [1.82, 2.24) is 15.1 Å². The van der Waals surface area contributed by atoms with Crippen molar-refractivity contribution in [2.24, 2.45) is 5.92 Å². The Bertz CT molecular complexity index is 1250. The lowest BCUT2D eigenvalue weighted by molar-refractivity contribution is 0.0693. The largest absolute Gasteiger partial charge is 0.339 e. The van der Waals surface area contributed by atoms with Gasteiger partial charge in [0.25, 0.3) is 15.9 Å². The van der Waals surface area contributed by atoms with Crippen molar-refractivity contribution in [3.63, 3.8) is 0 Å². The molecule has 0 spiro atoms. The zero-order chi connectivity index (χ0) is 23.6. The minimum atomic E-state index is -3.93. The topological polar surface area (TPSA) is 92.3 Å². The number of aryl methyl sites for hydroxylation is 1. The van der Waals surface area contributed by atoms with Crippen LogP contribution < -0.4 is 4.72 Å². The molecule has 0 bridgehead atoms. The van der Waals surface area contributed by atoms with Crippen LogP contribution in [0.5, 0.6) is 0 Å². The van der Waals surface area contributed by atoms with Gasteiger partial charge in [0.2, 0.25) is 5.13 Å². The van der Waals surface area contributed by atoms with E-state index in [2.05, 4.69) is 21.8 Å². The van der Waals surface area contributed by atoms with Crippen LogP contribution in [-0.2, 0) is 10.0 Å². The van der Waals surface area contributed by atoms with E-state index in [1.165, 1.54) is 23.9 Å². The molecule has 1 aliphatic heterocycles. The molecule has 174 valence electrons. The van der Waals surface area contributed by atoms with E-state index in [4.69, 9.17) is 0 Å². The third kappa shape index (κ3) is 5.39. The summed E-state index contributed by atoms with van der Waals surface area (Å²) in [5.74, 6) is 0.475. The number of piperidine rings is 1. The normalized spacial score (nSPS) is 14.9. The fourth-order valence-corrected chi connectivity index (χ4v) is 6.23. The molecule has 33 heavy (non-hydrogen) atoms. The van der Waals surface area contributed by atoms with E-state index < -0.39 is 10.0 Å². The number of thioether (sulfide) groups is 1. The number of nitrogens with one attached hydrogen (secondary N) is 1. The van der Waals surface area contributed by atoms with E-state index in [1.54, 1.807) is 6.07 Å². The zero-order valence-corrected chi connectivity index (χ0v) is 21.2. The number of hydrogen-bond donors (Lipinski definition) is 1. The quantitative estimate of drug-likeness (QED) is 0.482. The number of aromatic nitrogens is 2. The van der Waals surface area contributed by atoms with Crippen molar-refractivity contribution in [1.29, 1.82) is 0 Å². The number of carbonyl (C=O) groups excluding carboxylic acids is 1. The van der Waals surface area contributed by atoms with Gasteiger partial charge in [-0.3, -0.25) is 9.52 Å². The molecule has 2 aromatic carbocycles. The zero-order valence-electron chi connectivity index (χ0n) is 18.7. The van der Waals surface area contributed by atoms with E-state index in [1.807, 2.05) is 42.3 Å². The summed E-state index contributed by atoms with van der Waals surface area (Å²) in [6.45, 7) is 5.56. The maximum Gasteiger partial charge on any atom is 0.263 e. The van der Waals surface area contributed by atoms with Gasteiger partial charge < -0.3 is 4.90 Å². The number of hydrogen-bond acceptors (Lipinski definition) is 7. The van der Waals surface area contributed by atoms with Gasteiger partial charge in [0.15, 0.2) is 0 Å². The Kier molecular flexibility index (Phi) is 7.06. The summed E-state index contributed by atoms with van der Waals surface area (Å²) in [6.07, 6.45) is 3.80. The van der Waals surface area contributed by atoms with Crippen molar-refractivity contribution in [3.8, 4) is 10.6 Å². The lowest BCUT2D eigenvalue weighted by Gasteiger charge is -2.30. The molecule has 0 saturated carbocycles. The van der Waals surface area contributed by atoms with E-state index in [-0.39, 0.29) is 15.9 Å². The second kappa shape index (κ2) is 9.82. The summed E-state index contributed by atoms with van der Waals surface area (Å²) in [5, 5.41) is 8.91. The van der Waals surface area contributed by atoms with Crippen LogP contribution in [0.4, 0.5) is 5.13 Å². The van der Waals surface area contributed by atoms with Gasteiger partial charge in [0.05, 0.1) is 10.5 Å². The van der Waals surface area contributed by atoms with Gasteiger partial charge in [-0.05, 0) is 50.1 Å². The van der Waals surface area contributed by atoms with Gasteiger partial charge >= 0.3 is 0 Å². The first kappa shape index (κ1) is 23.7. The number of amides is 1. The number of rotatable bonds is 6. The molecule has 3 aromatic rings. The Morgan fingerprint density at radius 1 is 1.12 bits per heavy atom. The molecular formula is C23H26N4O3S3. The second-order valence-electron chi connectivity index (χ2n) is 8.22. The second-order valence-corrected chi connectivity index (χ2v) is 11.7. The number of benzene rings is 2. The van der Waals surface area contributed by atoms with E-state index >= 15 is 0 Å². The van der Waals surface area contributed by atoms with Gasteiger partial charge in [-0.15, -0.1) is 22.0 Å². The third-order valence-electron chi connectivity index (χ3n) is 5.73. The molecule has 0 unspecified atom stereocenters. The molecule has 1 aromatic heterocycles. The van der Waals surface area contributed by atoms with Crippen molar-refractivity contribution >= 4 is 44.2 Å². The molecule has 0 atom stereocenters. The van der Waals surface area contributed by atoms with Gasteiger partial charge in [0, 0.05) is 23.5 Å². The van der Waals surface area contributed by atoms with Crippen molar-refractivity contribution in [2.45, 2.75) is 36.5 Å². The van der Waals surface area contributed by atoms with Gasteiger partial charge in [0.1, 0.15) is 5.01 Å². The van der Waals surface area contributed by atoms with Crippen LogP contribution in [0.25, 0.3) is 10.6 Å². The van der Waals surface area contributed by atoms with Crippen LogP contribution in [0.2, 0.25) is 0 Å². The Labute approximate surface area is 202 Å². The SMILES string of the molecule is CSc1ccc(S(=O)(=O)Nc2nnc(-c3ccc(C)cc3)s2)cc1C(=O)N1CCC(C)CC1. The molecule has 0 aliphatic carbocycles. The maximum absolute atomic E-state index is 13.2. The molecule has 1 fully saturated rings. The Morgan fingerprint density at radius 3 is 2.48 bits per heavy atom. The highest BCUT2D eigenvalue weighted by molar-refractivity contribution is 7.98. The maximum atomic E-state index is 13.2. The van der Waals surface area contributed by atoms with E-state index in [0.717, 1.165) is 40.2 Å². The number of anilines is 1. The van der Waals surface area contributed by atoms with Gasteiger partial charge in [-0.25, -0.2) is 8.42 Å². The Hall–Kier alpha value is -2.43.